The summed E-state index contributed by atoms with van der Waals surface area (Å²) in [6.45, 7) is 5.76. The molecule has 0 aliphatic carbocycles. The summed E-state index contributed by atoms with van der Waals surface area (Å²) in [6.07, 6.45) is 1.04. The zero-order chi connectivity index (χ0) is 27.1. The van der Waals surface area contributed by atoms with Gasteiger partial charge in [0.1, 0.15) is 6.04 Å². The quantitative estimate of drug-likeness (QED) is 0.311. The summed E-state index contributed by atoms with van der Waals surface area (Å²) in [7, 11) is 0. The van der Waals surface area contributed by atoms with Crippen LogP contribution >= 0.6 is 23.2 Å². The van der Waals surface area contributed by atoms with Gasteiger partial charge in [-0.3, -0.25) is 14.4 Å². The van der Waals surface area contributed by atoms with Crippen LogP contribution in [0.5, 0.6) is 0 Å². The van der Waals surface area contributed by atoms with E-state index >= 15 is 0 Å². The highest BCUT2D eigenvalue weighted by atomic mass is 35.5. The Balaban J connectivity index is 0.00000316. The lowest BCUT2D eigenvalue weighted by Crippen LogP contribution is -2.57. The van der Waals surface area contributed by atoms with E-state index < -0.39 is 30.0 Å². The Morgan fingerprint density at radius 3 is 2.06 bits per heavy atom. The molecule has 7 nitrogen and oxygen atoms in total. The largest absolute Gasteiger partial charge is 0.381 e. The molecule has 0 spiro atoms. The van der Waals surface area contributed by atoms with Gasteiger partial charge >= 0.3 is 0 Å². The molecule has 0 aromatic heterocycles. The van der Waals surface area contributed by atoms with Crippen LogP contribution in [-0.4, -0.2) is 53.9 Å². The third-order valence-electron chi connectivity index (χ3n) is 5.45. The summed E-state index contributed by atoms with van der Waals surface area (Å²) in [5.74, 6) is -1.46. The molecule has 0 aliphatic rings. The molecule has 2 rings (SSSR count). The average molecular weight is 539 g/mol. The fourth-order valence-corrected chi connectivity index (χ4v) is 3.66. The average Bonchev–Trinajstić information content (AvgIpc) is 2.88. The summed E-state index contributed by atoms with van der Waals surface area (Å²) in [5.41, 5.74) is 1.84. The molecule has 0 saturated heterocycles. The zero-order valence-electron chi connectivity index (χ0n) is 21.3. The SMILES string of the molecule is CCNC(=O)C(O)C(Cc1ccc(Cl)cc1)NC(=O)[C@@H](NC(=O)CCc1ccccc1)C(C)C.CCl. The Hall–Kier alpha value is -2.61. The summed E-state index contributed by atoms with van der Waals surface area (Å²) in [5, 5.41) is 19.4. The molecule has 3 atom stereocenters. The number of rotatable bonds is 12. The van der Waals surface area contributed by atoms with Crippen LogP contribution in [0.15, 0.2) is 54.6 Å². The first-order valence-electron chi connectivity index (χ1n) is 11.9. The summed E-state index contributed by atoms with van der Waals surface area (Å²) in [4.78, 5) is 38.0. The predicted molar refractivity (Wildman–Crippen MR) is 145 cm³/mol. The lowest BCUT2D eigenvalue weighted by molar-refractivity contribution is -0.134. The Morgan fingerprint density at radius 1 is 0.889 bits per heavy atom. The van der Waals surface area contributed by atoms with Gasteiger partial charge < -0.3 is 21.1 Å². The lowest BCUT2D eigenvalue weighted by Gasteiger charge is -2.28. The molecule has 4 N–H and O–H groups in total. The number of aryl methyl sites for hydroxylation is 1. The number of carbonyl (C=O) groups is 3. The molecule has 2 aromatic rings. The molecule has 2 aromatic carbocycles. The number of nitrogens with one attached hydrogen (secondary N) is 3. The van der Waals surface area contributed by atoms with Crippen LogP contribution < -0.4 is 16.0 Å². The van der Waals surface area contributed by atoms with Gasteiger partial charge in [-0.25, -0.2) is 0 Å². The Labute approximate surface area is 224 Å². The van der Waals surface area contributed by atoms with Crippen molar-refractivity contribution < 1.29 is 19.5 Å². The van der Waals surface area contributed by atoms with Crippen molar-refractivity contribution in [2.75, 3.05) is 12.9 Å². The molecule has 2 unspecified atom stereocenters. The van der Waals surface area contributed by atoms with Crippen molar-refractivity contribution in [3.05, 3.63) is 70.7 Å². The molecule has 0 aliphatic heterocycles. The highest BCUT2D eigenvalue weighted by Crippen LogP contribution is 2.14. The van der Waals surface area contributed by atoms with Gasteiger partial charge in [-0.05, 0) is 48.9 Å². The van der Waals surface area contributed by atoms with E-state index in [4.69, 9.17) is 11.6 Å². The number of alkyl halides is 1. The predicted octanol–water partition coefficient (Wildman–Crippen LogP) is 3.49. The fraction of sp³-hybridized carbons (Fsp3) is 0.444. The third-order valence-corrected chi connectivity index (χ3v) is 5.70. The van der Waals surface area contributed by atoms with E-state index in [1.165, 1.54) is 6.38 Å². The van der Waals surface area contributed by atoms with Crippen LogP contribution in [0.25, 0.3) is 0 Å². The number of likely N-dealkylation sites (N-methyl/N-ethyl adjacent to an activating group) is 1. The lowest BCUT2D eigenvalue weighted by atomic mass is 9.98. The Bertz CT molecular complexity index is 940. The van der Waals surface area contributed by atoms with Gasteiger partial charge in [0.2, 0.25) is 11.8 Å². The minimum absolute atomic E-state index is 0.196. The number of amides is 3. The molecule has 0 saturated carbocycles. The maximum atomic E-state index is 13.1. The number of aliphatic hydroxyl groups is 1. The van der Waals surface area contributed by atoms with Gasteiger partial charge in [-0.15, -0.1) is 11.6 Å². The van der Waals surface area contributed by atoms with Crippen molar-refractivity contribution in [1.82, 2.24) is 16.0 Å². The molecule has 198 valence electrons. The number of hydrogen-bond donors (Lipinski definition) is 4. The van der Waals surface area contributed by atoms with Gasteiger partial charge in [0.05, 0.1) is 6.04 Å². The first-order valence-corrected chi connectivity index (χ1v) is 13.1. The zero-order valence-corrected chi connectivity index (χ0v) is 22.8. The third kappa shape index (κ3) is 11.0. The van der Waals surface area contributed by atoms with Crippen molar-refractivity contribution >= 4 is 40.9 Å². The Morgan fingerprint density at radius 2 is 1.50 bits per heavy atom. The van der Waals surface area contributed by atoms with E-state index in [9.17, 15) is 19.5 Å². The first kappa shape index (κ1) is 31.4. The molecule has 0 heterocycles. The minimum Gasteiger partial charge on any atom is -0.381 e. The van der Waals surface area contributed by atoms with Crippen molar-refractivity contribution in [1.29, 1.82) is 0 Å². The van der Waals surface area contributed by atoms with E-state index in [1.807, 2.05) is 44.2 Å². The van der Waals surface area contributed by atoms with Crippen molar-refractivity contribution in [3.63, 3.8) is 0 Å². The van der Waals surface area contributed by atoms with E-state index in [0.29, 0.717) is 18.0 Å². The van der Waals surface area contributed by atoms with Gasteiger partial charge in [0.15, 0.2) is 6.10 Å². The molecule has 0 fully saturated rings. The van der Waals surface area contributed by atoms with E-state index in [1.54, 1.807) is 31.2 Å². The number of halogens is 2. The molecule has 36 heavy (non-hydrogen) atoms. The first-order chi connectivity index (χ1) is 17.2. The normalized spacial score (nSPS) is 13.0. The van der Waals surface area contributed by atoms with Crippen molar-refractivity contribution in [2.45, 2.75) is 58.2 Å². The number of benzene rings is 2. The second-order valence-corrected chi connectivity index (χ2v) is 9.00. The molecular formula is C27H37Cl2N3O4. The number of hydrogen-bond acceptors (Lipinski definition) is 4. The van der Waals surface area contributed by atoms with E-state index in [-0.39, 0.29) is 24.7 Å². The van der Waals surface area contributed by atoms with Crippen molar-refractivity contribution in [3.8, 4) is 0 Å². The molecular weight excluding hydrogens is 501 g/mol. The minimum atomic E-state index is -1.46. The highest BCUT2D eigenvalue weighted by Gasteiger charge is 2.31. The van der Waals surface area contributed by atoms with Crippen LogP contribution in [-0.2, 0) is 27.2 Å². The van der Waals surface area contributed by atoms with Gasteiger partial charge in [0, 0.05) is 24.4 Å². The second kappa shape index (κ2) is 17.0. The van der Waals surface area contributed by atoms with Gasteiger partial charge in [-0.2, -0.15) is 0 Å². The summed E-state index contributed by atoms with van der Waals surface area (Å²) < 4.78 is 0. The maximum Gasteiger partial charge on any atom is 0.250 e. The van der Waals surface area contributed by atoms with Crippen molar-refractivity contribution in [2.24, 2.45) is 5.92 Å². The summed E-state index contributed by atoms with van der Waals surface area (Å²) >= 11 is 10.6. The van der Waals surface area contributed by atoms with Crippen LogP contribution in [0.2, 0.25) is 5.02 Å². The Kier molecular flexibility index (Phi) is 14.8. The standard InChI is InChI=1S/C26H34ClN3O4.CH3Cl/c1-4-28-26(34)24(32)21(16-19-10-13-20(27)14-11-19)29-25(33)23(17(2)3)30-22(31)15-12-18-8-6-5-7-9-18;1-2/h5-11,13-14,17,21,23-24,32H,4,12,15-16H2,1-3H3,(H,28,34)(H,29,33)(H,30,31);1H3/t21?,23-,24?;/m0./s1. The van der Waals surface area contributed by atoms with E-state index in [0.717, 1.165) is 11.1 Å². The maximum absolute atomic E-state index is 13.1. The number of aliphatic hydroxyl groups excluding tert-OH is 1. The fourth-order valence-electron chi connectivity index (χ4n) is 3.53. The van der Waals surface area contributed by atoms with Crippen LogP contribution in [0.3, 0.4) is 0 Å². The van der Waals surface area contributed by atoms with E-state index in [2.05, 4.69) is 27.6 Å². The second-order valence-electron chi connectivity index (χ2n) is 8.56. The van der Waals surface area contributed by atoms with Crippen LogP contribution in [0.1, 0.15) is 38.3 Å². The molecule has 0 bridgehead atoms. The smallest absolute Gasteiger partial charge is 0.250 e. The van der Waals surface area contributed by atoms with Crippen LogP contribution in [0.4, 0.5) is 0 Å². The number of carbonyl (C=O) groups excluding carboxylic acids is 3. The van der Waals surface area contributed by atoms with Crippen LogP contribution in [0, 0.1) is 5.92 Å². The van der Waals surface area contributed by atoms with Gasteiger partial charge in [0.25, 0.3) is 5.91 Å². The van der Waals surface area contributed by atoms with Gasteiger partial charge in [-0.1, -0.05) is 67.9 Å². The summed E-state index contributed by atoms with van der Waals surface area (Å²) in [6, 6.07) is 14.9. The molecule has 3 amide bonds. The molecule has 0 radical (unpaired) electrons. The molecule has 9 heteroatoms. The highest BCUT2D eigenvalue weighted by molar-refractivity contribution is 6.30. The monoisotopic (exact) mass is 537 g/mol. The topological polar surface area (TPSA) is 108 Å².